The molecule has 11 heteroatoms. The Balaban J connectivity index is 1.78. The number of benzene rings is 2. The van der Waals surface area contributed by atoms with Gasteiger partial charge in [0, 0.05) is 16.4 Å². The Bertz CT molecular complexity index is 1430. The summed E-state index contributed by atoms with van der Waals surface area (Å²) >= 11 is 17.6. The maximum absolute atomic E-state index is 13.3. The monoisotopic (exact) mass is 537 g/mol. The van der Waals surface area contributed by atoms with Crippen LogP contribution in [0.1, 0.15) is 22.5 Å². The Hall–Kier alpha value is -3.14. The number of carbonyl (C=O) groups excluding carboxylic acids is 2. The zero-order chi connectivity index (χ0) is 25.7. The number of anilines is 1. The highest BCUT2D eigenvalue weighted by Gasteiger charge is 2.37. The number of aryl methyl sites for hydroxylation is 1. The summed E-state index contributed by atoms with van der Waals surface area (Å²) in [7, 11) is 0. The summed E-state index contributed by atoms with van der Waals surface area (Å²) in [6.45, 7) is 3.59. The van der Waals surface area contributed by atoms with Crippen molar-refractivity contribution >= 4 is 64.1 Å². The van der Waals surface area contributed by atoms with Gasteiger partial charge in [-0.3, -0.25) is 19.8 Å². The largest absolute Gasteiger partial charge is 0.416 e. The van der Waals surface area contributed by atoms with E-state index in [1.807, 2.05) is 11.5 Å². The normalized spacial score (nSPS) is 15.7. The number of carbonyl (C=O) groups is 2. The van der Waals surface area contributed by atoms with Gasteiger partial charge in [0.15, 0.2) is 5.11 Å². The molecule has 1 saturated heterocycles. The lowest BCUT2D eigenvalue weighted by Crippen LogP contribution is -2.54. The van der Waals surface area contributed by atoms with Crippen molar-refractivity contribution in [2.24, 2.45) is 0 Å². The number of amides is 2. The van der Waals surface area contributed by atoms with E-state index in [1.165, 1.54) is 12.1 Å². The van der Waals surface area contributed by atoms with Crippen LogP contribution in [0.3, 0.4) is 0 Å². The van der Waals surface area contributed by atoms with Gasteiger partial charge in [-0.25, -0.2) is 0 Å². The standard InChI is InChI=1S/C24H16Cl2F3N3O2S/c1-12-8-14(13(2)31(12)20-11-16(25)6-7-19(20)26)9-18-21(33)30-23(35)32(22(18)34)17-5-3-4-15(10-17)24(27,28)29/h3-11H,1-2H3,(H,30,33,35)/b18-9+. The highest BCUT2D eigenvalue weighted by molar-refractivity contribution is 7.80. The van der Waals surface area contributed by atoms with Crippen LogP contribution in [0.4, 0.5) is 18.9 Å². The first kappa shape index (κ1) is 25.0. The first-order valence-corrected chi connectivity index (χ1v) is 11.3. The molecule has 1 aliphatic rings. The quantitative estimate of drug-likeness (QED) is 0.244. The van der Waals surface area contributed by atoms with Gasteiger partial charge in [0.25, 0.3) is 11.8 Å². The van der Waals surface area contributed by atoms with Crippen molar-refractivity contribution in [3.63, 3.8) is 0 Å². The molecule has 1 aliphatic heterocycles. The number of hydrogen-bond donors (Lipinski definition) is 1. The molecule has 0 spiro atoms. The van der Waals surface area contributed by atoms with Gasteiger partial charge < -0.3 is 4.57 Å². The van der Waals surface area contributed by atoms with Crippen LogP contribution in [-0.2, 0) is 15.8 Å². The fraction of sp³-hybridized carbons (Fsp3) is 0.125. The van der Waals surface area contributed by atoms with E-state index >= 15 is 0 Å². The lowest BCUT2D eigenvalue weighted by molar-refractivity contribution is -0.137. The average Bonchev–Trinajstić information content (AvgIpc) is 3.05. The lowest BCUT2D eigenvalue weighted by Gasteiger charge is -2.29. The van der Waals surface area contributed by atoms with Crippen molar-refractivity contribution in [3.8, 4) is 5.69 Å². The summed E-state index contributed by atoms with van der Waals surface area (Å²) in [5.41, 5.74) is 1.23. The number of rotatable bonds is 3. The minimum absolute atomic E-state index is 0.114. The Kier molecular flexibility index (Phi) is 6.52. The van der Waals surface area contributed by atoms with Crippen molar-refractivity contribution in [1.82, 2.24) is 9.88 Å². The van der Waals surface area contributed by atoms with Crippen LogP contribution in [0.2, 0.25) is 10.0 Å². The molecule has 1 N–H and O–H groups in total. The molecule has 4 rings (SSSR count). The van der Waals surface area contributed by atoms with Crippen molar-refractivity contribution in [3.05, 3.63) is 86.7 Å². The molecule has 2 amide bonds. The molecular formula is C24H16Cl2F3N3O2S. The topological polar surface area (TPSA) is 54.3 Å². The smallest absolute Gasteiger partial charge is 0.316 e. The minimum Gasteiger partial charge on any atom is -0.316 e. The number of nitrogens with zero attached hydrogens (tertiary/aromatic N) is 2. The molecule has 35 heavy (non-hydrogen) atoms. The van der Waals surface area contributed by atoms with Crippen LogP contribution >= 0.6 is 35.4 Å². The summed E-state index contributed by atoms with van der Waals surface area (Å²) in [5.74, 6) is -1.60. The lowest BCUT2D eigenvalue weighted by atomic mass is 10.1. The maximum atomic E-state index is 13.3. The SMILES string of the molecule is Cc1cc(/C=C2\C(=O)NC(=S)N(c3cccc(C(F)(F)F)c3)C2=O)c(C)n1-c1cc(Cl)ccc1Cl. The molecule has 1 fully saturated rings. The molecule has 0 unspecified atom stereocenters. The van der Waals surface area contributed by atoms with Gasteiger partial charge in [-0.05, 0) is 80.2 Å². The first-order valence-electron chi connectivity index (χ1n) is 10.1. The molecular weight excluding hydrogens is 522 g/mol. The van der Waals surface area contributed by atoms with Gasteiger partial charge in [-0.1, -0.05) is 29.3 Å². The second-order valence-corrected chi connectivity index (χ2v) is 8.99. The van der Waals surface area contributed by atoms with E-state index in [9.17, 15) is 22.8 Å². The predicted octanol–water partition coefficient (Wildman–Crippen LogP) is 6.25. The highest BCUT2D eigenvalue weighted by Crippen LogP contribution is 2.33. The van der Waals surface area contributed by atoms with Crippen molar-refractivity contribution < 1.29 is 22.8 Å². The Morgan fingerprint density at radius 1 is 1.03 bits per heavy atom. The van der Waals surface area contributed by atoms with Crippen LogP contribution in [0, 0.1) is 13.8 Å². The van der Waals surface area contributed by atoms with Gasteiger partial charge in [0.2, 0.25) is 0 Å². The molecule has 2 aromatic carbocycles. The summed E-state index contributed by atoms with van der Waals surface area (Å²) in [6.07, 6.45) is -3.24. The van der Waals surface area contributed by atoms with E-state index in [1.54, 1.807) is 31.2 Å². The molecule has 3 aromatic rings. The molecule has 5 nitrogen and oxygen atoms in total. The van der Waals surface area contributed by atoms with Crippen molar-refractivity contribution in [2.75, 3.05) is 4.90 Å². The first-order chi connectivity index (χ1) is 16.4. The third-order valence-corrected chi connectivity index (χ3v) is 6.29. The van der Waals surface area contributed by atoms with E-state index in [4.69, 9.17) is 35.4 Å². The molecule has 0 radical (unpaired) electrons. The third kappa shape index (κ3) is 4.71. The summed E-state index contributed by atoms with van der Waals surface area (Å²) < 4.78 is 41.4. The van der Waals surface area contributed by atoms with E-state index in [0.29, 0.717) is 27.0 Å². The molecule has 0 aliphatic carbocycles. The Morgan fingerprint density at radius 3 is 2.43 bits per heavy atom. The van der Waals surface area contributed by atoms with Crippen LogP contribution in [0.5, 0.6) is 0 Å². The molecule has 0 atom stereocenters. The number of halogens is 5. The third-order valence-electron chi connectivity index (χ3n) is 5.45. The summed E-state index contributed by atoms with van der Waals surface area (Å²) in [6, 6.07) is 10.9. The highest BCUT2D eigenvalue weighted by atomic mass is 35.5. The number of hydrogen-bond acceptors (Lipinski definition) is 3. The van der Waals surface area contributed by atoms with E-state index in [0.717, 1.165) is 28.8 Å². The number of thiocarbonyl (C=S) groups is 1. The second-order valence-electron chi connectivity index (χ2n) is 7.76. The van der Waals surface area contributed by atoms with Crippen LogP contribution in [-0.4, -0.2) is 21.5 Å². The molecule has 0 saturated carbocycles. The Morgan fingerprint density at radius 2 is 1.74 bits per heavy atom. The van der Waals surface area contributed by atoms with Gasteiger partial charge in [-0.15, -0.1) is 0 Å². The number of nitrogens with one attached hydrogen (secondary N) is 1. The molecule has 0 bridgehead atoms. The van der Waals surface area contributed by atoms with Crippen LogP contribution in [0.25, 0.3) is 11.8 Å². The van der Waals surface area contributed by atoms with E-state index in [-0.39, 0.29) is 16.4 Å². The van der Waals surface area contributed by atoms with Gasteiger partial charge in [0.05, 0.1) is 22.0 Å². The number of alkyl halides is 3. The molecule has 1 aromatic heterocycles. The van der Waals surface area contributed by atoms with Crippen LogP contribution in [0.15, 0.2) is 54.1 Å². The van der Waals surface area contributed by atoms with Crippen molar-refractivity contribution in [2.45, 2.75) is 20.0 Å². The van der Waals surface area contributed by atoms with E-state index < -0.39 is 23.6 Å². The Labute approximate surface area is 213 Å². The molecule has 180 valence electrons. The number of aromatic nitrogens is 1. The minimum atomic E-state index is -4.61. The van der Waals surface area contributed by atoms with Crippen molar-refractivity contribution in [1.29, 1.82) is 0 Å². The predicted molar refractivity (Wildman–Crippen MR) is 133 cm³/mol. The zero-order valence-electron chi connectivity index (χ0n) is 18.2. The van der Waals surface area contributed by atoms with Gasteiger partial charge in [-0.2, -0.15) is 13.2 Å². The average molecular weight is 538 g/mol. The summed E-state index contributed by atoms with van der Waals surface area (Å²) in [4.78, 5) is 26.8. The summed E-state index contributed by atoms with van der Waals surface area (Å²) in [5, 5.41) is 2.99. The van der Waals surface area contributed by atoms with Crippen LogP contribution < -0.4 is 10.2 Å². The fourth-order valence-electron chi connectivity index (χ4n) is 3.83. The maximum Gasteiger partial charge on any atom is 0.416 e. The van der Waals surface area contributed by atoms with Gasteiger partial charge in [0.1, 0.15) is 5.57 Å². The van der Waals surface area contributed by atoms with E-state index in [2.05, 4.69) is 5.32 Å². The zero-order valence-corrected chi connectivity index (χ0v) is 20.5. The van der Waals surface area contributed by atoms with Gasteiger partial charge >= 0.3 is 6.18 Å². The second kappa shape index (κ2) is 9.14. The fourth-order valence-corrected chi connectivity index (χ4v) is 4.48. The molecule has 2 heterocycles.